The number of benzene rings is 1. The number of aromatic hydroxyl groups is 1. The average molecular weight is 178 g/mol. The smallest absolute Gasteiger partial charge is 0.121 e. The minimum atomic E-state index is -0.682. The Balaban J connectivity index is 2.94. The predicted molar refractivity (Wildman–Crippen MR) is 52.4 cm³/mol. The van der Waals surface area contributed by atoms with Gasteiger partial charge in [0.05, 0.1) is 6.10 Å². The summed E-state index contributed by atoms with van der Waals surface area (Å²) in [6.45, 7) is 5.45. The van der Waals surface area contributed by atoms with E-state index in [1.807, 2.05) is 6.92 Å². The largest absolute Gasteiger partial charge is 0.508 e. The zero-order valence-electron chi connectivity index (χ0n) is 7.64. The number of rotatable bonds is 3. The van der Waals surface area contributed by atoms with Crippen LogP contribution in [0, 0.1) is 5.92 Å². The molecule has 0 spiro atoms. The lowest BCUT2D eigenvalue weighted by Crippen LogP contribution is -2.06. The van der Waals surface area contributed by atoms with E-state index in [0.717, 1.165) is 0 Å². The fourth-order valence-electron chi connectivity index (χ4n) is 1.15. The molecule has 0 amide bonds. The standard InChI is InChI=1S/C11H14O2/c1-3-8(2)11(13)9-6-4-5-7-10(9)12/h3-8,11-13H,1H2,2H3. The van der Waals surface area contributed by atoms with Gasteiger partial charge >= 0.3 is 0 Å². The molecule has 0 bridgehead atoms. The number of hydrogen-bond acceptors (Lipinski definition) is 2. The van der Waals surface area contributed by atoms with Gasteiger partial charge in [-0.3, -0.25) is 0 Å². The summed E-state index contributed by atoms with van der Waals surface area (Å²) >= 11 is 0. The van der Waals surface area contributed by atoms with E-state index in [1.165, 1.54) is 0 Å². The van der Waals surface area contributed by atoms with Gasteiger partial charge in [-0.05, 0) is 6.07 Å². The normalized spacial score (nSPS) is 14.9. The van der Waals surface area contributed by atoms with E-state index in [0.29, 0.717) is 5.56 Å². The number of hydrogen-bond donors (Lipinski definition) is 2. The molecule has 0 saturated heterocycles. The van der Waals surface area contributed by atoms with Crippen LogP contribution in [0.25, 0.3) is 0 Å². The first-order valence-electron chi connectivity index (χ1n) is 4.25. The second kappa shape index (κ2) is 4.10. The average Bonchev–Trinajstić information content (AvgIpc) is 2.16. The first-order chi connectivity index (χ1) is 6.16. The van der Waals surface area contributed by atoms with Crippen molar-refractivity contribution in [2.24, 2.45) is 5.92 Å². The van der Waals surface area contributed by atoms with E-state index < -0.39 is 6.10 Å². The number of aliphatic hydroxyl groups excluding tert-OH is 1. The van der Waals surface area contributed by atoms with Crippen LogP contribution in [0.3, 0.4) is 0 Å². The quantitative estimate of drug-likeness (QED) is 0.697. The first kappa shape index (κ1) is 9.81. The fourth-order valence-corrected chi connectivity index (χ4v) is 1.15. The zero-order chi connectivity index (χ0) is 9.84. The molecule has 2 nitrogen and oxygen atoms in total. The summed E-state index contributed by atoms with van der Waals surface area (Å²) in [5.41, 5.74) is 0.551. The van der Waals surface area contributed by atoms with Gasteiger partial charge in [-0.2, -0.15) is 0 Å². The second-order valence-corrected chi connectivity index (χ2v) is 3.10. The molecule has 2 unspecified atom stereocenters. The highest BCUT2D eigenvalue weighted by atomic mass is 16.3. The van der Waals surface area contributed by atoms with Crippen molar-refractivity contribution in [2.45, 2.75) is 13.0 Å². The molecule has 70 valence electrons. The van der Waals surface area contributed by atoms with Crippen molar-refractivity contribution < 1.29 is 10.2 Å². The highest BCUT2D eigenvalue weighted by Crippen LogP contribution is 2.29. The van der Waals surface area contributed by atoms with E-state index >= 15 is 0 Å². The first-order valence-corrected chi connectivity index (χ1v) is 4.25. The molecule has 13 heavy (non-hydrogen) atoms. The Morgan fingerprint density at radius 1 is 1.38 bits per heavy atom. The van der Waals surface area contributed by atoms with E-state index in [2.05, 4.69) is 6.58 Å². The molecule has 0 aliphatic heterocycles. The number of phenols is 1. The van der Waals surface area contributed by atoms with Crippen molar-refractivity contribution in [3.05, 3.63) is 42.5 Å². The van der Waals surface area contributed by atoms with Gasteiger partial charge in [-0.15, -0.1) is 6.58 Å². The van der Waals surface area contributed by atoms with Crippen LogP contribution in [0.2, 0.25) is 0 Å². The third-order valence-electron chi connectivity index (χ3n) is 2.13. The Morgan fingerprint density at radius 2 is 2.00 bits per heavy atom. The van der Waals surface area contributed by atoms with Crippen molar-refractivity contribution in [1.82, 2.24) is 0 Å². The summed E-state index contributed by atoms with van der Waals surface area (Å²) in [7, 11) is 0. The Hall–Kier alpha value is -1.28. The van der Waals surface area contributed by atoms with Crippen LogP contribution in [0.15, 0.2) is 36.9 Å². The van der Waals surface area contributed by atoms with Gasteiger partial charge in [-0.1, -0.05) is 31.2 Å². The van der Waals surface area contributed by atoms with Gasteiger partial charge in [-0.25, -0.2) is 0 Å². The van der Waals surface area contributed by atoms with Crippen LogP contribution in [0.1, 0.15) is 18.6 Å². The summed E-state index contributed by atoms with van der Waals surface area (Å²) in [5.74, 6) is 0.0667. The van der Waals surface area contributed by atoms with E-state index in [-0.39, 0.29) is 11.7 Å². The lowest BCUT2D eigenvalue weighted by molar-refractivity contribution is 0.136. The maximum Gasteiger partial charge on any atom is 0.121 e. The monoisotopic (exact) mass is 178 g/mol. The summed E-state index contributed by atoms with van der Waals surface area (Å²) in [5, 5.41) is 19.2. The van der Waals surface area contributed by atoms with Crippen LogP contribution in [0.5, 0.6) is 5.75 Å². The van der Waals surface area contributed by atoms with Gasteiger partial charge in [0.25, 0.3) is 0 Å². The third kappa shape index (κ3) is 2.10. The van der Waals surface area contributed by atoms with Gasteiger partial charge < -0.3 is 10.2 Å². The summed E-state index contributed by atoms with van der Waals surface area (Å²) in [6.07, 6.45) is 0.982. The Bertz CT molecular complexity index is 294. The minimum absolute atomic E-state index is 0.0618. The third-order valence-corrected chi connectivity index (χ3v) is 2.13. The molecule has 0 heterocycles. The summed E-state index contributed by atoms with van der Waals surface area (Å²) < 4.78 is 0. The Labute approximate surface area is 78.2 Å². The Kier molecular flexibility index (Phi) is 3.09. The minimum Gasteiger partial charge on any atom is -0.508 e. The van der Waals surface area contributed by atoms with Crippen molar-refractivity contribution in [1.29, 1.82) is 0 Å². The number of para-hydroxylation sites is 1. The molecule has 1 rings (SSSR count). The molecule has 0 radical (unpaired) electrons. The van der Waals surface area contributed by atoms with Gasteiger partial charge in [0, 0.05) is 11.5 Å². The summed E-state index contributed by atoms with van der Waals surface area (Å²) in [6, 6.07) is 6.78. The van der Waals surface area contributed by atoms with Gasteiger partial charge in [0.15, 0.2) is 0 Å². The molecule has 2 N–H and O–H groups in total. The van der Waals surface area contributed by atoms with Crippen LogP contribution < -0.4 is 0 Å². The van der Waals surface area contributed by atoms with E-state index in [4.69, 9.17) is 0 Å². The zero-order valence-corrected chi connectivity index (χ0v) is 7.64. The van der Waals surface area contributed by atoms with Crippen LogP contribution >= 0.6 is 0 Å². The SMILES string of the molecule is C=CC(C)C(O)c1ccccc1O. The van der Waals surface area contributed by atoms with Crippen molar-refractivity contribution >= 4 is 0 Å². The molecule has 0 aliphatic carbocycles. The molecule has 2 atom stereocenters. The van der Waals surface area contributed by atoms with Crippen LogP contribution in [-0.4, -0.2) is 10.2 Å². The molecule has 0 aliphatic rings. The molecule has 1 aromatic rings. The predicted octanol–water partition coefficient (Wildman–Crippen LogP) is 2.25. The highest BCUT2D eigenvalue weighted by molar-refractivity contribution is 5.34. The molecule has 0 saturated carbocycles. The molecule has 2 heteroatoms. The summed E-state index contributed by atoms with van der Waals surface area (Å²) in [4.78, 5) is 0. The van der Waals surface area contributed by atoms with E-state index in [9.17, 15) is 10.2 Å². The molecular formula is C11H14O2. The fraction of sp³-hybridized carbons (Fsp3) is 0.273. The lowest BCUT2D eigenvalue weighted by atomic mass is 9.97. The number of aliphatic hydroxyl groups is 1. The highest BCUT2D eigenvalue weighted by Gasteiger charge is 2.15. The maximum absolute atomic E-state index is 9.74. The van der Waals surface area contributed by atoms with Crippen molar-refractivity contribution in [3.63, 3.8) is 0 Å². The molecule has 1 aromatic carbocycles. The second-order valence-electron chi connectivity index (χ2n) is 3.10. The number of phenolic OH excluding ortho intramolecular Hbond substituents is 1. The van der Waals surface area contributed by atoms with Crippen molar-refractivity contribution in [2.75, 3.05) is 0 Å². The van der Waals surface area contributed by atoms with Crippen LogP contribution in [0.4, 0.5) is 0 Å². The van der Waals surface area contributed by atoms with Crippen molar-refractivity contribution in [3.8, 4) is 5.75 Å². The van der Waals surface area contributed by atoms with Gasteiger partial charge in [0.1, 0.15) is 5.75 Å². The maximum atomic E-state index is 9.74. The topological polar surface area (TPSA) is 40.5 Å². The van der Waals surface area contributed by atoms with Gasteiger partial charge in [0.2, 0.25) is 0 Å². The molecule has 0 fully saturated rings. The van der Waals surface area contributed by atoms with Crippen LogP contribution in [-0.2, 0) is 0 Å². The lowest BCUT2D eigenvalue weighted by Gasteiger charge is -2.16. The molecular weight excluding hydrogens is 164 g/mol. The van der Waals surface area contributed by atoms with E-state index in [1.54, 1.807) is 30.3 Å². The Morgan fingerprint density at radius 3 is 2.54 bits per heavy atom. The molecule has 0 aromatic heterocycles.